The summed E-state index contributed by atoms with van der Waals surface area (Å²) in [7, 11) is 0. The molecule has 90 valence electrons. The van der Waals surface area contributed by atoms with Crippen molar-refractivity contribution in [2.75, 3.05) is 0 Å². The van der Waals surface area contributed by atoms with Gasteiger partial charge in [-0.25, -0.2) is 4.98 Å². The molecule has 2 heteroatoms. The Morgan fingerprint density at radius 2 is 1.94 bits per heavy atom. The quantitative estimate of drug-likeness (QED) is 0.667. The van der Waals surface area contributed by atoms with Gasteiger partial charge >= 0.3 is 0 Å². The second-order valence-electron chi connectivity index (χ2n) is 5.24. The summed E-state index contributed by atoms with van der Waals surface area (Å²) in [6, 6.07) is 4.89. The fourth-order valence-electron chi connectivity index (χ4n) is 3.06. The fraction of sp³-hybridized carbons (Fsp3) is 0.533. The summed E-state index contributed by atoms with van der Waals surface area (Å²) in [5.41, 5.74) is 2.54. The first-order valence-corrected chi connectivity index (χ1v) is 6.78. The van der Waals surface area contributed by atoms with Gasteiger partial charge in [0.05, 0.1) is 0 Å². The van der Waals surface area contributed by atoms with Crippen molar-refractivity contribution in [2.45, 2.75) is 51.5 Å². The van der Waals surface area contributed by atoms with Crippen molar-refractivity contribution < 1.29 is 0 Å². The van der Waals surface area contributed by atoms with E-state index in [1.807, 2.05) is 12.3 Å². The van der Waals surface area contributed by atoms with Gasteiger partial charge in [0.15, 0.2) is 0 Å². The van der Waals surface area contributed by atoms with E-state index in [9.17, 15) is 0 Å². The molecule has 0 aliphatic heterocycles. The minimum absolute atomic E-state index is 0.670. The molecule has 0 saturated heterocycles. The molecule has 17 heavy (non-hydrogen) atoms. The molecule has 0 amide bonds. The van der Waals surface area contributed by atoms with E-state index < -0.39 is 0 Å². The average Bonchev–Trinajstić information content (AvgIpc) is 2.57. The van der Waals surface area contributed by atoms with Crippen LogP contribution in [-0.2, 0) is 0 Å². The van der Waals surface area contributed by atoms with Gasteiger partial charge in [0.25, 0.3) is 0 Å². The molecule has 2 aromatic rings. The maximum atomic E-state index is 4.57. The number of hydrogen-bond acceptors (Lipinski definition) is 1. The summed E-state index contributed by atoms with van der Waals surface area (Å²) < 4.78 is 2.43. The third-order valence-corrected chi connectivity index (χ3v) is 4.01. The van der Waals surface area contributed by atoms with E-state index in [4.69, 9.17) is 0 Å². The molecule has 0 bridgehead atoms. The third kappa shape index (κ3) is 1.97. The third-order valence-electron chi connectivity index (χ3n) is 4.01. The lowest BCUT2D eigenvalue weighted by molar-refractivity contribution is 0.453. The topological polar surface area (TPSA) is 17.8 Å². The summed E-state index contributed by atoms with van der Waals surface area (Å²) >= 11 is 0. The number of aryl methyl sites for hydroxylation is 1. The summed E-state index contributed by atoms with van der Waals surface area (Å²) in [4.78, 5) is 4.57. The van der Waals surface area contributed by atoms with Crippen LogP contribution >= 0.6 is 0 Å². The lowest BCUT2D eigenvalue weighted by Gasteiger charge is -2.17. The zero-order chi connectivity index (χ0) is 11.7. The van der Waals surface area contributed by atoms with E-state index in [2.05, 4.69) is 28.7 Å². The molecule has 2 nitrogen and oxygen atoms in total. The normalized spacial score (nSPS) is 18.4. The van der Waals surface area contributed by atoms with Gasteiger partial charge in [-0.2, -0.15) is 0 Å². The van der Waals surface area contributed by atoms with Crippen LogP contribution in [0.5, 0.6) is 0 Å². The van der Waals surface area contributed by atoms with Crippen molar-refractivity contribution in [1.29, 1.82) is 0 Å². The number of aromatic nitrogens is 2. The Hall–Kier alpha value is -1.31. The highest BCUT2D eigenvalue weighted by Gasteiger charge is 2.17. The first-order chi connectivity index (χ1) is 8.36. The Labute approximate surface area is 103 Å². The lowest BCUT2D eigenvalue weighted by atomic mass is 10.1. The molecule has 1 saturated carbocycles. The van der Waals surface area contributed by atoms with Crippen molar-refractivity contribution in [1.82, 2.24) is 9.55 Å². The average molecular weight is 228 g/mol. The maximum absolute atomic E-state index is 4.57. The SMILES string of the molecule is Cc1cn(C2CCCCCC2)c2ncccc12. The summed E-state index contributed by atoms with van der Waals surface area (Å²) in [5, 5.41) is 1.32. The van der Waals surface area contributed by atoms with Crippen molar-refractivity contribution in [3.8, 4) is 0 Å². The molecule has 0 spiro atoms. The van der Waals surface area contributed by atoms with Crippen LogP contribution < -0.4 is 0 Å². The van der Waals surface area contributed by atoms with Gasteiger partial charge in [-0.15, -0.1) is 0 Å². The number of hydrogen-bond donors (Lipinski definition) is 0. The molecule has 1 aliphatic rings. The van der Waals surface area contributed by atoms with Gasteiger partial charge in [-0.1, -0.05) is 25.7 Å². The minimum Gasteiger partial charge on any atom is -0.329 e. The van der Waals surface area contributed by atoms with E-state index in [0.717, 1.165) is 0 Å². The second-order valence-corrected chi connectivity index (χ2v) is 5.24. The first kappa shape index (κ1) is 10.8. The summed E-state index contributed by atoms with van der Waals surface area (Å²) in [6.07, 6.45) is 12.4. The van der Waals surface area contributed by atoms with Crippen LogP contribution in [0.25, 0.3) is 11.0 Å². The molecule has 1 fully saturated rings. The number of nitrogens with zero attached hydrogens (tertiary/aromatic N) is 2. The van der Waals surface area contributed by atoms with Crippen molar-refractivity contribution >= 4 is 11.0 Å². The molecule has 2 aromatic heterocycles. The fourth-order valence-corrected chi connectivity index (χ4v) is 3.06. The number of fused-ring (bicyclic) bond motifs is 1. The first-order valence-electron chi connectivity index (χ1n) is 6.78. The van der Waals surface area contributed by atoms with Gasteiger partial charge in [0.1, 0.15) is 5.65 Å². The van der Waals surface area contributed by atoms with E-state index >= 15 is 0 Å². The monoisotopic (exact) mass is 228 g/mol. The molecule has 1 aliphatic carbocycles. The zero-order valence-electron chi connectivity index (χ0n) is 10.5. The van der Waals surface area contributed by atoms with E-state index in [-0.39, 0.29) is 0 Å². The van der Waals surface area contributed by atoms with Crippen LogP contribution in [-0.4, -0.2) is 9.55 Å². The standard InChI is InChI=1S/C15H20N2/c1-12-11-17(13-7-4-2-3-5-8-13)15-14(12)9-6-10-16-15/h6,9-11,13H,2-5,7-8H2,1H3. The van der Waals surface area contributed by atoms with E-state index in [1.165, 1.54) is 55.1 Å². The molecule has 0 unspecified atom stereocenters. The molecule has 2 heterocycles. The van der Waals surface area contributed by atoms with Crippen LogP contribution in [0.15, 0.2) is 24.5 Å². The number of rotatable bonds is 1. The maximum Gasteiger partial charge on any atom is 0.140 e. The van der Waals surface area contributed by atoms with Gasteiger partial charge in [0.2, 0.25) is 0 Å². The second kappa shape index (κ2) is 4.52. The molecule has 0 aromatic carbocycles. The molecular formula is C15H20N2. The molecule has 0 radical (unpaired) electrons. The van der Waals surface area contributed by atoms with Crippen LogP contribution in [0.1, 0.15) is 50.1 Å². The smallest absolute Gasteiger partial charge is 0.140 e. The molecule has 0 atom stereocenters. The van der Waals surface area contributed by atoms with Crippen molar-refractivity contribution in [3.63, 3.8) is 0 Å². The Morgan fingerprint density at radius 3 is 2.71 bits per heavy atom. The van der Waals surface area contributed by atoms with Crippen molar-refractivity contribution in [3.05, 3.63) is 30.1 Å². The van der Waals surface area contributed by atoms with Gasteiger partial charge in [-0.3, -0.25) is 0 Å². The van der Waals surface area contributed by atoms with E-state index in [1.54, 1.807) is 0 Å². The Bertz CT molecular complexity index is 505. The Balaban J connectivity index is 2.04. The van der Waals surface area contributed by atoms with Crippen molar-refractivity contribution in [2.24, 2.45) is 0 Å². The van der Waals surface area contributed by atoms with Crippen LogP contribution in [0, 0.1) is 6.92 Å². The summed E-state index contributed by atoms with van der Waals surface area (Å²) in [5.74, 6) is 0. The predicted octanol–water partition coefficient (Wildman–Crippen LogP) is 4.24. The lowest BCUT2D eigenvalue weighted by Crippen LogP contribution is -2.07. The molecule has 3 rings (SSSR count). The highest BCUT2D eigenvalue weighted by molar-refractivity contribution is 5.80. The molecule has 0 N–H and O–H groups in total. The van der Waals surface area contributed by atoms with Crippen LogP contribution in [0.2, 0.25) is 0 Å². The minimum atomic E-state index is 0.670. The summed E-state index contributed by atoms with van der Waals surface area (Å²) in [6.45, 7) is 2.19. The Kier molecular flexibility index (Phi) is 2.87. The molecular weight excluding hydrogens is 208 g/mol. The highest BCUT2D eigenvalue weighted by Crippen LogP contribution is 2.31. The van der Waals surface area contributed by atoms with E-state index in [0.29, 0.717) is 6.04 Å². The van der Waals surface area contributed by atoms with Crippen LogP contribution in [0.3, 0.4) is 0 Å². The van der Waals surface area contributed by atoms with Crippen LogP contribution in [0.4, 0.5) is 0 Å². The number of pyridine rings is 1. The van der Waals surface area contributed by atoms with Gasteiger partial charge < -0.3 is 4.57 Å². The zero-order valence-corrected chi connectivity index (χ0v) is 10.5. The Morgan fingerprint density at radius 1 is 1.18 bits per heavy atom. The van der Waals surface area contributed by atoms with Gasteiger partial charge in [0, 0.05) is 23.8 Å². The highest BCUT2D eigenvalue weighted by atomic mass is 15.1. The van der Waals surface area contributed by atoms with Gasteiger partial charge in [-0.05, 0) is 37.5 Å². The largest absolute Gasteiger partial charge is 0.329 e. The predicted molar refractivity (Wildman–Crippen MR) is 71.2 cm³/mol.